The van der Waals surface area contributed by atoms with Crippen LogP contribution >= 0.6 is 23.2 Å². The molecule has 0 aromatic heterocycles. The molecule has 3 aromatic carbocycles. The molecular formula is C22H19Cl2FO4S. The second kappa shape index (κ2) is 9.79. The Labute approximate surface area is 185 Å². The van der Waals surface area contributed by atoms with E-state index in [4.69, 9.17) is 32.1 Å². The van der Waals surface area contributed by atoms with Crippen molar-refractivity contribution >= 4 is 33.3 Å². The maximum absolute atomic E-state index is 13.1. The van der Waals surface area contributed by atoms with Gasteiger partial charge in [-0.05, 0) is 48.9 Å². The highest BCUT2D eigenvalue weighted by Crippen LogP contribution is 2.32. The molecule has 0 N–H and O–H groups in total. The van der Waals surface area contributed by atoms with Gasteiger partial charge in [-0.2, -0.15) is 8.42 Å². The molecular weight excluding hydrogens is 450 g/mol. The highest BCUT2D eigenvalue weighted by atomic mass is 35.5. The third kappa shape index (κ3) is 5.95. The smallest absolute Gasteiger partial charge is 0.296 e. The summed E-state index contributed by atoms with van der Waals surface area (Å²) in [5.41, 5.74) is 2.28. The van der Waals surface area contributed by atoms with E-state index >= 15 is 0 Å². The Bertz CT molecular complexity index is 1120. The first-order valence-corrected chi connectivity index (χ1v) is 11.2. The van der Waals surface area contributed by atoms with Gasteiger partial charge in [-0.15, -0.1) is 0 Å². The summed E-state index contributed by atoms with van der Waals surface area (Å²) >= 11 is 12.4. The number of ether oxygens (including phenoxy) is 1. The lowest BCUT2D eigenvalue weighted by Gasteiger charge is -2.14. The average Bonchev–Trinajstić information content (AvgIpc) is 2.69. The van der Waals surface area contributed by atoms with Gasteiger partial charge in [-0.3, -0.25) is 4.18 Å². The van der Waals surface area contributed by atoms with E-state index in [1.165, 1.54) is 24.3 Å². The molecule has 0 saturated carbocycles. The molecule has 0 saturated heterocycles. The van der Waals surface area contributed by atoms with Gasteiger partial charge in [0.05, 0.1) is 11.5 Å². The van der Waals surface area contributed by atoms with Crippen molar-refractivity contribution in [3.8, 4) is 5.75 Å². The van der Waals surface area contributed by atoms with Crippen molar-refractivity contribution < 1.29 is 21.7 Å². The van der Waals surface area contributed by atoms with Gasteiger partial charge < -0.3 is 4.74 Å². The van der Waals surface area contributed by atoms with Crippen LogP contribution in [0.1, 0.15) is 16.7 Å². The standard InChI is InChI=1S/C22H19Cl2FO4S/c1-15-2-8-19(9-3-15)30(26,27)29-11-10-20-21(24)12-17(23)13-22(20)28-14-16-4-6-18(25)7-5-16/h2-9,12-13H,10-11,14H2,1H3. The lowest BCUT2D eigenvalue weighted by molar-refractivity contribution is 0.294. The zero-order valence-electron chi connectivity index (χ0n) is 16.1. The van der Waals surface area contributed by atoms with E-state index < -0.39 is 10.1 Å². The van der Waals surface area contributed by atoms with Gasteiger partial charge in [0.2, 0.25) is 0 Å². The van der Waals surface area contributed by atoms with Crippen LogP contribution in [0.2, 0.25) is 10.0 Å². The van der Waals surface area contributed by atoms with E-state index in [9.17, 15) is 12.8 Å². The third-order valence-electron chi connectivity index (χ3n) is 4.33. The molecule has 0 aliphatic carbocycles. The number of aryl methyl sites for hydroxylation is 1. The van der Waals surface area contributed by atoms with Gasteiger partial charge in [0.1, 0.15) is 18.2 Å². The van der Waals surface area contributed by atoms with Crippen LogP contribution in [-0.2, 0) is 27.3 Å². The van der Waals surface area contributed by atoms with Crippen molar-refractivity contribution in [2.75, 3.05) is 6.61 Å². The van der Waals surface area contributed by atoms with Crippen molar-refractivity contribution in [3.05, 3.63) is 93.2 Å². The largest absolute Gasteiger partial charge is 0.489 e. The predicted octanol–water partition coefficient (Wildman–Crippen LogP) is 5.97. The normalized spacial score (nSPS) is 11.5. The molecule has 0 unspecified atom stereocenters. The highest BCUT2D eigenvalue weighted by molar-refractivity contribution is 7.86. The fourth-order valence-electron chi connectivity index (χ4n) is 2.72. The number of halogens is 3. The third-order valence-corrected chi connectivity index (χ3v) is 6.21. The zero-order chi connectivity index (χ0) is 21.7. The summed E-state index contributed by atoms with van der Waals surface area (Å²) in [6, 6.07) is 15.5. The lowest BCUT2D eigenvalue weighted by atomic mass is 10.1. The number of hydrogen-bond acceptors (Lipinski definition) is 4. The van der Waals surface area contributed by atoms with Crippen LogP contribution in [0, 0.1) is 12.7 Å². The van der Waals surface area contributed by atoms with Gasteiger partial charge in [0.25, 0.3) is 10.1 Å². The van der Waals surface area contributed by atoms with Crippen LogP contribution in [0.4, 0.5) is 4.39 Å². The highest BCUT2D eigenvalue weighted by Gasteiger charge is 2.17. The molecule has 8 heteroatoms. The monoisotopic (exact) mass is 468 g/mol. The molecule has 3 rings (SSSR count). The molecule has 0 amide bonds. The average molecular weight is 469 g/mol. The van der Waals surface area contributed by atoms with E-state index in [-0.39, 0.29) is 30.3 Å². The molecule has 0 fully saturated rings. The second-order valence-corrected chi connectivity index (χ2v) is 9.08. The minimum atomic E-state index is -3.89. The van der Waals surface area contributed by atoms with Crippen molar-refractivity contribution in [1.29, 1.82) is 0 Å². The van der Waals surface area contributed by atoms with Crippen molar-refractivity contribution in [3.63, 3.8) is 0 Å². The minimum Gasteiger partial charge on any atom is -0.489 e. The number of rotatable bonds is 8. The Balaban J connectivity index is 1.70. The number of benzene rings is 3. The molecule has 0 atom stereocenters. The quantitative estimate of drug-likeness (QED) is 0.382. The van der Waals surface area contributed by atoms with E-state index in [0.717, 1.165) is 11.1 Å². The Kier molecular flexibility index (Phi) is 7.36. The Morgan fingerprint density at radius 3 is 2.30 bits per heavy atom. The fraction of sp³-hybridized carbons (Fsp3) is 0.182. The minimum absolute atomic E-state index is 0.0862. The summed E-state index contributed by atoms with van der Waals surface area (Å²) < 4.78 is 48.7. The van der Waals surface area contributed by atoms with E-state index in [2.05, 4.69) is 0 Å². The van der Waals surface area contributed by atoms with Crippen LogP contribution in [0.5, 0.6) is 5.75 Å². The van der Waals surface area contributed by atoms with Crippen LogP contribution < -0.4 is 4.74 Å². The molecule has 0 radical (unpaired) electrons. The van der Waals surface area contributed by atoms with Gasteiger partial charge >= 0.3 is 0 Å². The molecule has 3 aromatic rings. The summed E-state index contributed by atoms with van der Waals surface area (Å²) in [5.74, 6) is 0.0744. The number of hydrogen-bond donors (Lipinski definition) is 0. The van der Waals surface area contributed by atoms with E-state index in [1.807, 2.05) is 6.92 Å². The van der Waals surface area contributed by atoms with Gasteiger partial charge in [0, 0.05) is 22.0 Å². The van der Waals surface area contributed by atoms with E-state index in [1.54, 1.807) is 36.4 Å². The molecule has 4 nitrogen and oxygen atoms in total. The summed E-state index contributed by atoms with van der Waals surface area (Å²) in [5, 5.41) is 0.721. The van der Waals surface area contributed by atoms with Crippen LogP contribution in [0.15, 0.2) is 65.6 Å². The first-order valence-electron chi connectivity index (χ1n) is 9.06. The molecule has 0 aliphatic heterocycles. The molecule has 0 spiro atoms. The maximum Gasteiger partial charge on any atom is 0.296 e. The lowest BCUT2D eigenvalue weighted by Crippen LogP contribution is -2.10. The van der Waals surface area contributed by atoms with Crippen LogP contribution in [0.25, 0.3) is 0 Å². The van der Waals surface area contributed by atoms with Crippen molar-refractivity contribution in [2.24, 2.45) is 0 Å². The molecule has 158 valence electrons. The summed E-state index contributed by atoms with van der Waals surface area (Å²) in [4.78, 5) is 0.0862. The second-order valence-electron chi connectivity index (χ2n) is 6.62. The molecule has 30 heavy (non-hydrogen) atoms. The zero-order valence-corrected chi connectivity index (χ0v) is 18.4. The molecule has 0 aliphatic rings. The predicted molar refractivity (Wildman–Crippen MR) is 115 cm³/mol. The Morgan fingerprint density at radius 1 is 0.967 bits per heavy atom. The van der Waals surface area contributed by atoms with E-state index in [0.29, 0.717) is 21.4 Å². The van der Waals surface area contributed by atoms with Gasteiger partial charge in [-0.1, -0.05) is 53.0 Å². The molecule has 0 heterocycles. The van der Waals surface area contributed by atoms with Gasteiger partial charge in [0.15, 0.2) is 0 Å². The summed E-state index contributed by atoms with van der Waals surface area (Å²) in [6.45, 7) is 1.92. The Hall–Kier alpha value is -2.12. The van der Waals surface area contributed by atoms with Gasteiger partial charge in [-0.25, -0.2) is 4.39 Å². The van der Waals surface area contributed by atoms with Crippen molar-refractivity contribution in [2.45, 2.75) is 24.8 Å². The first-order chi connectivity index (χ1) is 14.2. The SMILES string of the molecule is Cc1ccc(S(=O)(=O)OCCc2c(Cl)cc(Cl)cc2OCc2ccc(F)cc2)cc1. The summed E-state index contributed by atoms with van der Waals surface area (Å²) in [6.07, 6.45) is 0.194. The topological polar surface area (TPSA) is 52.6 Å². The Morgan fingerprint density at radius 2 is 1.63 bits per heavy atom. The summed E-state index contributed by atoms with van der Waals surface area (Å²) in [7, 11) is -3.89. The first kappa shape index (κ1) is 22.6. The maximum atomic E-state index is 13.1. The van der Waals surface area contributed by atoms with Crippen molar-refractivity contribution in [1.82, 2.24) is 0 Å². The fourth-order valence-corrected chi connectivity index (χ4v) is 4.20. The van der Waals surface area contributed by atoms with Crippen LogP contribution in [-0.4, -0.2) is 15.0 Å². The van der Waals surface area contributed by atoms with Crippen LogP contribution in [0.3, 0.4) is 0 Å². The molecule has 0 bridgehead atoms.